The minimum absolute atomic E-state index is 0.123. The molecule has 1 saturated heterocycles. The van der Waals surface area contributed by atoms with Crippen LogP contribution in [0.3, 0.4) is 0 Å². The molecule has 1 rings (SSSR count). The lowest BCUT2D eigenvalue weighted by atomic mass is 10.2. The van der Waals surface area contributed by atoms with Crippen molar-refractivity contribution in [1.82, 2.24) is 0 Å². The van der Waals surface area contributed by atoms with Gasteiger partial charge in [-0.3, -0.25) is 0 Å². The van der Waals surface area contributed by atoms with Crippen LogP contribution in [0, 0.1) is 0 Å². The predicted octanol–water partition coefficient (Wildman–Crippen LogP) is 1.39. The fraction of sp³-hybridized carbons (Fsp3) is 1.00. The lowest BCUT2D eigenvalue weighted by Crippen LogP contribution is -2.34. The largest absolute Gasteiger partial charge is 0.229 e. The Labute approximate surface area is 75.4 Å². The van der Waals surface area contributed by atoms with Gasteiger partial charge in [-0.25, -0.2) is 8.42 Å². The van der Waals surface area contributed by atoms with E-state index in [2.05, 4.69) is 22.6 Å². The van der Waals surface area contributed by atoms with Gasteiger partial charge < -0.3 is 0 Å². The summed E-state index contributed by atoms with van der Waals surface area (Å²) in [5.74, 6) is 0.396. The molecule has 0 aromatic rings. The average Bonchev–Trinajstić information content (AvgIpc) is 1.83. The Balaban J connectivity index is 2.80. The normalized spacial score (nSPS) is 39.4. The van der Waals surface area contributed by atoms with E-state index in [0.29, 0.717) is 9.68 Å². The van der Waals surface area contributed by atoms with Crippen LogP contribution in [0.1, 0.15) is 19.8 Å². The Bertz CT molecular complexity index is 210. The summed E-state index contributed by atoms with van der Waals surface area (Å²) in [5.41, 5.74) is 0. The molecule has 2 atom stereocenters. The Kier molecular flexibility index (Phi) is 2.60. The molecular formula is C6H11IO2S. The third-order valence-electron chi connectivity index (χ3n) is 1.98. The van der Waals surface area contributed by atoms with Crippen LogP contribution in [-0.2, 0) is 9.84 Å². The number of alkyl halides is 1. The molecule has 0 saturated carbocycles. The van der Waals surface area contributed by atoms with Gasteiger partial charge in [0, 0.05) is 3.92 Å². The van der Waals surface area contributed by atoms with Crippen LogP contribution in [0.2, 0.25) is 0 Å². The van der Waals surface area contributed by atoms with E-state index < -0.39 is 9.84 Å². The first-order chi connectivity index (χ1) is 4.54. The lowest BCUT2D eigenvalue weighted by Gasteiger charge is -2.23. The summed E-state index contributed by atoms with van der Waals surface area (Å²) < 4.78 is 22.7. The summed E-state index contributed by atoms with van der Waals surface area (Å²) in [6, 6.07) is 0. The zero-order valence-electron chi connectivity index (χ0n) is 5.88. The highest BCUT2D eigenvalue weighted by Crippen LogP contribution is 2.25. The number of hydrogen-bond donors (Lipinski definition) is 0. The van der Waals surface area contributed by atoms with E-state index in [9.17, 15) is 8.42 Å². The van der Waals surface area contributed by atoms with Gasteiger partial charge in [0.2, 0.25) is 0 Å². The molecule has 2 unspecified atom stereocenters. The minimum atomic E-state index is -2.72. The van der Waals surface area contributed by atoms with E-state index >= 15 is 0 Å². The maximum absolute atomic E-state index is 11.2. The Hall–Kier alpha value is 0.680. The molecule has 60 valence electrons. The quantitative estimate of drug-likeness (QED) is 0.494. The predicted molar refractivity (Wildman–Crippen MR) is 50.3 cm³/mol. The van der Waals surface area contributed by atoms with Crippen LogP contribution in [0.4, 0.5) is 0 Å². The van der Waals surface area contributed by atoms with Crippen LogP contribution in [-0.4, -0.2) is 23.3 Å². The van der Waals surface area contributed by atoms with Crippen molar-refractivity contribution in [3.8, 4) is 0 Å². The summed E-state index contributed by atoms with van der Waals surface area (Å²) in [6.45, 7) is 1.81. The minimum Gasteiger partial charge on any atom is -0.229 e. The number of halogens is 1. The molecular weight excluding hydrogens is 263 g/mol. The molecule has 1 heterocycles. The Morgan fingerprint density at radius 3 is 2.50 bits per heavy atom. The second-order valence-electron chi connectivity index (χ2n) is 2.73. The van der Waals surface area contributed by atoms with Crippen LogP contribution in [0.25, 0.3) is 0 Å². The van der Waals surface area contributed by atoms with Crippen molar-refractivity contribution in [3.63, 3.8) is 0 Å². The number of sulfone groups is 1. The van der Waals surface area contributed by atoms with Gasteiger partial charge in [-0.15, -0.1) is 0 Å². The highest BCUT2D eigenvalue weighted by Gasteiger charge is 2.31. The zero-order valence-corrected chi connectivity index (χ0v) is 8.85. The van der Waals surface area contributed by atoms with Crippen molar-refractivity contribution >= 4 is 32.4 Å². The van der Waals surface area contributed by atoms with Crippen molar-refractivity contribution in [3.05, 3.63) is 0 Å². The molecule has 0 spiro atoms. The van der Waals surface area contributed by atoms with Gasteiger partial charge in [0.1, 0.15) is 0 Å². The summed E-state index contributed by atoms with van der Waals surface area (Å²) in [4.78, 5) is 0. The van der Waals surface area contributed by atoms with E-state index in [4.69, 9.17) is 0 Å². The highest BCUT2D eigenvalue weighted by molar-refractivity contribution is 14.1. The van der Waals surface area contributed by atoms with Crippen molar-refractivity contribution in [1.29, 1.82) is 0 Å². The molecule has 4 heteroatoms. The highest BCUT2D eigenvalue weighted by atomic mass is 127. The standard InChI is InChI=1S/C6H11IO2S/c1-5-6(7)3-2-4-10(5,8)9/h5-6H,2-4H2,1H3. The zero-order chi connectivity index (χ0) is 7.78. The number of hydrogen-bond acceptors (Lipinski definition) is 2. The molecule has 1 aliphatic rings. The van der Waals surface area contributed by atoms with Gasteiger partial charge in [-0.05, 0) is 19.8 Å². The topological polar surface area (TPSA) is 34.1 Å². The average molecular weight is 274 g/mol. The van der Waals surface area contributed by atoms with Gasteiger partial charge in [-0.1, -0.05) is 22.6 Å². The summed E-state index contributed by atoms with van der Waals surface area (Å²) in [7, 11) is -2.72. The first-order valence-corrected chi connectivity index (χ1v) is 6.36. The van der Waals surface area contributed by atoms with Crippen molar-refractivity contribution in [2.24, 2.45) is 0 Å². The molecule has 0 radical (unpaired) electrons. The second kappa shape index (κ2) is 2.97. The SMILES string of the molecule is CC1C(I)CCCS1(=O)=O. The van der Waals surface area contributed by atoms with E-state index in [0.717, 1.165) is 12.8 Å². The van der Waals surface area contributed by atoms with Crippen molar-refractivity contribution in [2.45, 2.75) is 28.9 Å². The van der Waals surface area contributed by atoms with Crippen LogP contribution >= 0.6 is 22.6 Å². The Morgan fingerprint density at radius 2 is 2.10 bits per heavy atom. The molecule has 0 aromatic carbocycles. The van der Waals surface area contributed by atoms with Gasteiger partial charge in [0.05, 0.1) is 11.0 Å². The third-order valence-corrected chi connectivity index (χ3v) is 6.49. The third kappa shape index (κ3) is 1.64. The van der Waals surface area contributed by atoms with E-state index in [-0.39, 0.29) is 5.25 Å². The summed E-state index contributed by atoms with van der Waals surface area (Å²) in [5, 5.41) is -0.123. The molecule has 2 nitrogen and oxygen atoms in total. The molecule has 0 aliphatic carbocycles. The van der Waals surface area contributed by atoms with E-state index in [1.165, 1.54) is 0 Å². The van der Waals surface area contributed by atoms with E-state index in [1.807, 2.05) is 6.92 Å². The van der Waals surface area contributed by atoms with Gasteiger partial charge in [0.15, 0.2) is 9.84 Å². The smallest absolute Gasteiger partial charge is 0.153 e. The molecule has 0 N–H and O–H groups in total. The van der Waals surface area contributed by atoms with Crippen LogP contribution in [0.15, 0.2) is 0 Å². The fourth-order valence-corrected chi connectivity index (χ4v) is 4.43. The van der Waals surface area contributed by atoms with E-state index in [1.54, 1.807) is 0 Å². The molecule has 0 bridgehead atoms. The van der Waals surface area contributed by atoms with Crippen molar-refractivity contribution < 1.29 is 8.42 Å². The summed E-state index contributed by atoms with van der Waals surface area (Å²) >= 11 is 2.23. The van der Waals surface area contributed by atoms with Crippen LogP contribution < -0.4 is 0 Å². The molecule has 0 aromatic heterocycles. The van der Waals surface area contributed by atoms with Gasteiger partial charge in [-0.2, -0.15) is 0 Å². The second-order valence-corrected chi connectivity index (χ2v) is 6.81. The molecule has 1 aliphatic heterocycles. The maximum atomic E-state index is 11.2. The Morgan fingerprint density at radius 1 is 1.50 bits per heavy atom. The first kappa shape index (κ1) is 8.77. The van der Waals surface area contributed by atoms with Crippen LogP contribution in [0.5, 0.6) is 0 Å². The van der Waals surface area contributed by atoms with Gasteiger partial charge in [0.25, 0.3) is 0 Å². The monoisotopic (exact) mass is 274 g/mol. The lowest BCUT2D eigenvalue weighted by molar-refractivity contribution is 0.559. The van der Waals surface area contributed by atoms with Gasteiger partial charge >= 0.3 is 0 Å². The molecule has 10 heavy (non-hydrogen) atoms. The molecule has 1 fully saturated rings. The fourth-order valence-electron chi connectivity index (χ4n) is 1.13. The first-order valence-electron chi connectivity index (χ1n) is 3.39. The summed E-state index contributed by atoms with van der Waals surface area (Å²) in [6.07, 6.45) is 1.90. The number of rotatable bonds is 0. The maximum Gasteiger partial charge on any atom is 0.153 e. The molecule has 0 amide bonds. The van der Waals surface area contributed by atoms with Crippen molar-refractivity contribution in [2.75, 3.05) is 5.75 Å².